The van der Waals surface area contributed by atoms with E-state index in [4.69, 9.17) is 25.4 Å². The number of H-pyrrole nitrogens is 1. The average molecular weight is 442 g/mol. The van der Waals surface area contributed by atoms with E-state index in [1.807, 2.05) is 0 Å². The van der Waals surface area contributed by atoms with Crippen molar-refractivity contribution in [3.63, 3.8) is 0 Å². The van der Waals surface area contributed by atoms with Gasteiger partial charge in [0.05, 0.1) is 0 Å². The SMILES string of the molecule is Nc1nc2c(nc(Br)n2[C@@H]2O[C@H](OOP(O)CO)C(O)[C@@H]2O)c(=O)[nH]1. The number of hydrogen-bond donors (Lipinski definition) is 6. The van der Waals surface area contributed by atoms with Gasteiger partial charge in [0.1, 0.15) is 18.6 Å². The molecule has 2 aromatic rings. The lowest BCUT2D eigenvalue weighted by Crippen LogP contribution is -2.32. The van der Waals surface area contributed by atoms with Crippen molar-refractivity contribution in [3.8, 4) is 0 Å². The lowest BCUT2D eigenvalue weighted by molar-refractivity contribution is -0.332. The van der Waals surface area contributed by atoms with Crippen molar-refractivity contribution in [3.05, 3.63) is 15.1 Å². The molecule has 7 N–H and O–H groups in total. The zero-order valence-electron chi connectivity index (χ0n) is 12.2. The van der Waals surface area contributed by atoms with Crippen LogP contribution in [0.4, 0.5) is 5.95 Å². The topological polar surface area (TPSA) is 198 Å². The van der Waals surface area contributed by atoms with Gasteiger partial charge in [-0.1, -0.05) is 0 Å². The van der Waals surface area contributed by atoms with E-state index in [1.165, 1.54) is 4.57 Å². The van der Waals surface area contributed by atoms with Crippen LogP contribution in [0.5, 0.6) is 0 Å². The Morgan fingerprint density at radius 1 is 1.40 bits per heavy atom. The molecule has 1 aliphatic heterocycles. The molecule has 0 spiro atoms. The Labute approximate surface area is 147 Å². The highest BCUT2D eigenvalue weighted by atomic mass is 79.9. The number of aliphatic hydroxyl groups excluding tert-OH is 3. The van der Waals surface area contributed by atoms with Gasteiger partial charge in [0.25, 0.3) is 5.56 Å². The van der Waals surface area contributed by atoms with Crippen LogP contribution in [0.2, 0.25) is 0 Å². The summed E-state index contributed by atoms with van der Waals surface area (Å²) >= 11 is 3.12. The maximum atomic E-state index is 11.9. The van der Waals surface area contributed by atoms with Gasteiger partial charge in [0.15, 0.2) is 22.1 Å². The second-order valence-electron chi connectivity index (χ2n) is 4.91. The van der Waals surface area contributed by atoms with Crippen LogP contribution in [0.3, 0.4) is 0 Å². The fourth-order valence-electron chi connectivity index (χ4n) is 2.24. The molecule has 1 fully saturated rings. The summed E-state index contributed by atoms with van der Waals surface area (Å²) < 4.78 is 11.1. The Balaban J connectivity index is 1.93. The Hall–Kier alpha value is -1.22. The molecule has 13 nitrogen and oxygen atoms in total. The number of nitrogens with two attached hydrogens (primary N) is 1. The maximum Gasteiger partial charge on any atom is 0.280 e. The highest BCUT2D eigenvalue weighted by molar-refractivity contribution is 9.10. The molecular weight excluding hydrogens is 429 g/mol. The minimum atomic E-state index is -2.27. The summed E-state index contributed by atoms with van der Waals surface area (Å²) in [5.41, 5.74) is 4.86. The first-order valence-corrected chi connectivity index (χ1v) is 8.88. The number of imidazole rings is 1. The molecule has 0 amide bonds. The summed E-state index contributed by atoms with van der Waals surface area (Å²) in [5.74, 6) is -0.177. The molecule has 15 heteroatoms. The van der Waals surface area contributed by atoms with Crippen molar-refractivity contribution in [1.82, 2.24) is 19.5 Å². The summed E-state index contributed by atoms with van der Waals surface area (Å²) in [7, 11) is -2.27. The van der Waals surface area contributed by atoms with Crippen LogP contribution in [0.15, 0.2) is 9.53 Å². The molecule has 1 aliphatic rings. The molecule has 138 valence electrons. The lowest BCUT2D eigenvalue weighted by atomic mass is 10.2. The molecule has 0 aromatic carbocycles. The first kappa shape index (κ1) is 18.6. The van der Waals surface area contributed by atoms with Crippen LogP contribution >= 0.6 is 24.3 Å². The third-order valence-electron chi connectivity index (χ3n) is 3.32. The summed E-state index contributed by atoms with van der Waals surface area (Å²) in [5, 5.41) is 28.9. The highest BCUT2D eigenvalue weighted by Crippen LogP contribution is 2.37. The van der Waals surface area contributed by atoms with Gasteiger partial charge in [-0.15, -0.1) is 0 Å². The second-order valence-corrected chi connectivity index (χ2v) is 6.76. The summed E-state index contributed by atoms with van der Waals surface area (Å²) in [6.07, 6.45) is -6.49. The van der Waals surface area contributed by atoms with Gasteiger partial charge < -0.3 is 30.7 Å². The molecule has 25 heavy (non-hydrogen) atoms. The summed E-state index contributed by atoms with van der Waals surface area (Å²) in [6, 6.07) is 0. The number of rotatable bonds is 5. The van der Waals surface area contributed by atoms with Crippen molar-refractivity contribution >= 4 is 41.4 Å². The molecular formula is C10H13BrN5O8P. The molecule has 1 saturated heterocycles. The van der Waals surface area contributed by atoms with E-state index in [2.05, 4.69) is 35.6 Å². The molecule has 5 atom stereocenters. The molecule has 2 unspecified atom stereocenters. The summed E-state index contributed by atoms with van der Waals surface area (Å²) in [4.78, 5) is 35.9. The van der Waals surface area contributed by atoms with Crippen LogP contribution < -0.4 is 11.3 Å². The molecule has 0 aliphatic carbocycles. The number of nitrogen functional groups attached to an aromatic ring is 1. The van der Waals surface area contributed by atoms with Crippen LogP contribution in [-0.4, -0.2) is 64.6 Å². The maximum absolute atomic E-state index is 11.9. The lowest BCUT2D eigenvalue weighted by Gasteiger charge is -2.17. The van der Waals surface area contributed by atoms with Gasteiger partial charge in [0, 0.05) is 0 Å². The van der Waals surface area contributed by atoms with E-state index >= 15 is 0 Å². The normalized spacial score (nSPS) is 27.9. The van der Waals surface area contributed by atoms with E-state index < -0.39 is 45.0 Å². The van der Waals surface area contributed by atoms with Crippen LogP contribution in [0, 0.1) is 0 Å². The third kappa shape index (κ3) is 3.40. The van der Waals surface area contributed by atoms with E-state index in [9.17, 15) is 15.0 Å². The Kier molecular flexibility index (Phi) is 5.34. The first-order valence-electron chi connectivity index (χ1n) is 6.69. The minimum absolute atomic E-state index is 0.00529. The van der Waals surface area contributed by atoms with Gasteiger partial charge in [-0.3, -0.25) is 14.3 Å². The smallest absolute Gasteiger partial charge is 0.280 e. The molecule has 3 heterocycles. The molecule has 0 radical (unpaired) electrons. The minimum Gasteiger partial charge on any atom is -0.387 e. The Morgan fingerprint density at radius 2 is 2.12 bits per heavy atom. The van der Waals surface area contributed by atoms with E-state index in [0.29, 0.717) is 0 Å². The van der Waals surface area contributed by atoms with Gasteiger partial charge >= 0.3 is 0 Å². The van der Waals surface area contributed by atoms with Crippen LogP contribution in [0.1, 0.15) is 6.23 Å². The van der Waals surface area contributed by atoms with Crippen molar-refractivity contribution in [2.75, 3.05) is 12.1 Å². The fraction of sp³-hybridized carbons (Fsp3) is 0.500. The molecule has 0 bridgehead atoms. The number of nitrogens with one attached hydrogen (secondary N) is 1. The van der Waals surface area contributed by atoms with Crippen molar-refractivity contribution in [1.29, 1.82) is 0 Å². The predicted octanol–water partition coefficient (Wildman–Crippen LogP) is -1.76. The number of ether oxygens (including phenoxy) is 1. The monoisotopic (exact) mass is 441 g/mol. The highest BCUT2D eigenvalue weighted by Gasteiger charge is 2.47. The summed E-state index contributed by atoms with van der Waals surface area (Å²) in [6.45, 7) is 0. The number of aliphatic hydroxyl groups is 3. The Bertz CT molecular complexity index is 831. The van der Waals surface area contributed by atoms with Gasteiger partial charge in [-0.2, -0.15) is 14.5 Å². The van der Waals surface area contributed by atoms with E-state index in [0.717, 1.165) is 0 Å². The largest absolute Gasteiger partial charge is 0.387 e. The van der Waals surface area contributed by atoms with Gasteiger partial charge in [-0.25, -0.2) is 4.98 Å². The fourth-order valence-corrected chi connectivity index (χ4v) is 3.02. The number of anilines is 1. The number of aromatic amines is 1. The zero-order chi connectivity index (χ0) is 18.3. The molecule has 2 aromatic heterocycles. The van der Waals surface area contributed by atoms with Crippen LogP contribution in [0.25, 0.3) is 11.2 Å². The first-order chi connectivity index (χ1) is 11.8. The molecule has 3 rings (SSSR count). The average Bonchev–Trinajstić information content (AvgIpc) is 3.03. The molecule has 0 saturated carbocycles. The quantitative estimate of drug-likeness (QED) is 0.133. The number of fused-ring (bicyclic) bond motifs is 1. The number of halogens is 1. The van der Waals surface area contributed by atoms with Gasteiger partial charge in [0.2, 0.25) is 20.6 Å². The third-order valence-corrected chi connectivity index (χ3v) is 4.38. The number of nitrogens with zero attached hydrogens (tertiary/aromatic N) is 3. The zero-order valence-corrected chi connectivity index (χ0v) is 14.7. The standard InChI is InChI=1S/C10H13BrN5O8P/c11-9-13-2-5(14-10(12)15-6(2)20)16(9)7-3(18)4(19)8(22-7)23-24-25(21)1-17/h3-4,7-8,17-19,21H,1H2,(H3,12,14,15,20)/t3-,4?,7+,8+,25?/m0/s1. The second kappa shape index (κ2) is 7.19. The van der Waals surface area contributed by atoms with E-state index in [1.54, 1.807) is 0 Å². The number of hydrogen-bond acceptors (Lipinski definition) is 11. The van der Waals surface area contributed by atoms with Gasteiger partial charge in [-0.05, 0) is 15.9 Å². The van der Waals surface area contributed by atoms with Crippen molar-refractivity contribution in [2.45, 2.75) is 24.7 Å². The number of aromatic nitrogens is 4. The van der Waals surface area contributed by atoms with E-state index in [-0.39, 0.29) is 21.8 Å². The van der Waals surface area contributed by atoms with Crippen molar-refractivity contribution < 1.29 is 34.5 Å². The van der Waals surface area contributed by atoms with Crippen molar-refractivity contribution in [2.24, 2.45) is 0 Å². The Morgan fingerprint density at radius 3 is 2.80 bits per heavy atom. The van der Waals surface area contributed by atoms with Crippen LogP contribution in [-0.2, 0) is 14.3 Å². The predicted molar refractivity (Wildman–Crippen MR) is 84.6 cm³/mol.